The predicted molar refractivity (Wildman–Crippen MR) is 116 cm³/mol. The van der Waals surface area contributed by atoms with E-state index in [9.17, 15) is 14.0 Å². The highest BCUT2D eigenvalue weighted by molar-refractivity contribution is 7.77. The maximum absolute atomic E-state index is 11.2. The largest absolute Gasteiger partial charge is 0.489 e. The lowest BCUT2D eigenvalue weighted by molar-refractivity contribution is 0.243. The van der Waals surface area contributed by atoms with Gasteiger partial charge in [-0.2, -0.15) is 5.26 Å². The first kappa shape index (κ1) is 20.6. The molecule has 0 saturated carbocycles. The molecule has 1 aromatic heterocycles. The van der Waals surface area contributed by atoms with Crippen LogP contribution in [-0.2, 0) is 17.7 Å². The lowest BCUT2D eigenvalue weighted by Gasteiger charge is -2.14. The molecule has 2 unspecified atom stereocenters. The third-order valence-corrected chi connectivity index (χ3v) is 6.36. The Labute approximate surface area is 181 Å². The molecule has 3 aromatic rings. The van der Waals surface area contributed by atoms with Crippen molar-refractivity contribution in [2.75, 3.05) is 0 Å². The van der Waals surface area contributed by atoms with E-state index in [1.165, 1.54) is 11.3 Å². The van der Waals surface area contributed by atoms with Crippen molar-refractivity contribution in [1.29, 1.82) is 5.26 Å². The van der Waals surface area contributed by atoms with Crippen LogP contribution in [0.4, 0.5) is 0 Å². The minimum Gasteiger partial charge on any atom is -0.489 e. The Balaban J connectivity index is 1.73. The summed E-state index contributed by atoms with van der Waals surface area (Å²) in [7, 11) is 0. The van der Waals surface area contributed by atoms with Crippen LogP contribution in [0, 0.1) is 11.3 Å². The topological polar surface area (TPSA) is 108 Å². The van der Waals surface area contributed by atoms with Crippen molar-refractivity contribution in [3.05, 3.63) is 53.1 Å². The standard InChI is InChI=1S/C21H20N4O3S2/c1-12(2)28-19-13(11-22)5-3-8-17(19)21-24-23-20(29-21)16-7-4-6-15-14(16)9-10-18(15)25-30(26)27/h3-8,12,18,25H,9-10H2,1-2H3,(H,26,27). The molecule has 30 heavy (non-hydrogen) atoms. The van der Waals surface area contributed by atoms with Crippen LogP contribution < -0.4 is 9.46 Å². The number of benzene rings is 2. The molecule has 0 saturated heterocycles. The molecule has 9 heteroatoms. The number of fused-ring (bicyclic) bond motifs is 1. The fourth-order valence-corrected chi connectivity index (χ4v) is 5.10. The first-order chi connectivity index (χ1) is 14.5. The second kappa shape index (κ2) is 8.62. The van der Waals surface area contributed by atoms with Gasteiger partial charge in [0.25, 0.3) is 0 Å². The fourth-order valence-electron chi connectivity index (χ4n) is 3.70. The van der Waals surface area contributed by atoms with Crippen LogP contribution in [0.2, 0.25) is 0 Å². The monoisotopic (exact) mass is 440 g/mol. The Hall–Kier alpha value is -2.64. The molecule has 0 spiro atoms. The van der Waals surface area contributed by atoms with E-state index in [-0.39, 0.29) is 12.1 Å². The lowest BCUT2D eigenvalue weighted by atomic mass is 10.0. The summed E-state index contributed by atoms with van der Waals surface area (Å²) in [6.07, 6.45) is 1.46. The summed E-state index contributed by atoms with van der Waals surface area (Å²) in [4.78, 5) is 0. The zero-order valence-electron chi connectivity index (χ0n) is 16.5. The minimum atomic E-state index is -2.06. The van der Waals surface area contributed by atoms with E-state index in [2.05, 4.69) is 21.0 Å². The van der Waals surface area contributed by atoms with Gasteiger partial charge in [0.05, 0.1) is 17.2 Å². The van der Waals surface area contributed by atoms with Gasteiger partial charge in [-0.05, 0) is 49.9 Å². The van der Waals surface area contributed by atoms with E-state index in [0.717, 1.165) is 40.1 Å². The highest BCUT2D eigenvalue weighted by atomic mass is 32.2. The summed E-state index contributed by atoms with van der Waals surface area (Å²) in [6, 6.07) is 13.4. The molecule has 154 valence electrons. The van der Waals surface area contributed by atoms with Gasteiger partial charge in [-0.15, -0.1) is 10.2 Å². The van der Waals surface area contributed by atoms with Crippen molar-refractivity contribution in [2.45, 2.75) is 38.8 Å². The molecule has 0 aliphatic heterocycles. The lowest BCUT2D eigenvalue weighted by Crippen LogP contribution is -2.20. The van der Waals surface area contributed by atoms with E-state index in [1.807, 2.05) is 44.2 Å². The molecule has 0 bridgehead atoms. The second-order valence-electron chi connectivity index (χ2n) is 7.20. The predicted octanol–water partition coefficient (Wildman–Crippen LogP) is 4.24. The molecule has 1 heterocycles. The highest BCUT2D eigenvalue weighted by Crippen LogP contribution is 2.41. The number of nitrogens with zero attached hydrogens (tertiary/aromatic N) is 3. The molecule has 0 amide bonds. The van der Waals surface area contributed by atoms with Crippen molar-refractivity contribution < 1.29 is 13.5 Å². The van der Waals surface area contributed by atoms with Crippen LogP contribution in [0.3, 0.4) is 0 Å². The van der Waals surface area contributed by atoms with Gasteiger partial charge in [0.15, 0.2) is 5.01 Å². The molecule has 2 aromatic carbocycles. The van der Waals surface area contributed by atoms with Crippen LogP contribution in [0.1, 0.15) is 43.0 Å². The summed E-state index contributed by atoms with van der Waals surface area (Å²) in [5.41, 5.74) is 4.32. The van der Waals surface area contributed by atoms with Crippen molar-refractivity contribution >= 4 is 22.6 Å². The van der Waals surface area contributed by atoms with Crippen LogP contribution in [0.25, 0.3) is 21.1 Å². The molecule has 1 aliphatic carbocycles. The molecule has 2 atom stereocenters. The minimum absolute atomic E-state index is 0.0791. The van der Waals surface area contributed by atoms with Gasteiger partial charge in [-0.1, -0.05) is 35.6 Å². The van der Waals surface area contributed by atoms with Gasteiger partial charge in [0.2, 0.25) is 11.3 Å². The Bertz CT molecular complexity index is 1150. The smallest absolute Gasteiger partial charge is 0.232 e. The Morgan fingerprint density at radius 2 is 1.93 bits per heavy atom. The maximum atomic E-state index is 11.2. The van der Waals surface area contributed by atoms with Gasteiger partial charge in [-0.25, -0.2) is 8.93 Å². The number of rotatable bonds is 6. The molecule has 0 radical (unpaired) electrons. The Morgan fingerprint density at radius 1 is 1.23 bits per heavy atom. The summed E-state index contributed by atoms with van der Waals surface area (Å²) >= 11 is -0.622. The van der Waals surface area contributed by atoms with Gasteiger partial charge in [-0.3, -0.25) is 4.55 Å². The second-order valence-corrected chi connectivity index (χ2v) is 8.92. The van der Waals surface area contributed by atoms with Crippen molar-refractivity contribution in [3.8, 4) is 33.0 Å². The SMILES string of the molecule is CC(C)Oc1c(C#N)cccc1-c1nnc(-c2cccc3c2CCC3NS(=O)O)s1. The summed E-state index contributed by atoms with van der Waals surface area (Å²) < 4.78 is 29.0. The summed E-state index contributed by atoms with van der Waals surface area (Å²) in [6.45, 7) is 3.83. The number of nitrogens with one attached hydrogen (secondary N) is 1. The molecular weight excluding hydrogens is 420 g/mol. The number of aromatic nitrogens is 2. The summed E-state index contributed by atoms with van der Waals surface area (Å²) in [5.74, 6) is 0.519. The van der Waals surface area contributed by atoms with Crippen LogP contribution in [-0.4, -0.2) is 25.1 Å². The van der Waals surface area contributed by atoms with Crippen LogP contribution >= 0.6 is 11.3 Å². The van der Waals surface area contributed by atoms with E-state index < -0.39 is 11.3 Å². The van der Waals surface area contributed by atoms with Gasteiger partial charge in [0.1, 0.15) is 16.8 Å². The quantitative estimate of drug-likeness (QED) is 0.555. The third-order valence-electron chi connectivity index (χ3n) is 4.89. The number of hydrogen-bond donors (Lipinski definition) is 2. The van der Waals surface area contributed by atoms with E-state index in [4.69, 9.17) is 4.74 Å². The molecular formula is C21H20N4O3S2. The average molecular weight is 441 g/mol. The molecule has 0 fully saturated rings. The fraction of sp³-hybridized carbons (Fsp3) is 0.286. The first-order valence-corrected chi connectivity index (χ1v) is 11.4. The first-order valence-electron chi connectivity index (χ1n) is 9.50. The van der Waals surface area contributed by atoms with Gasteiger partial charge in [0, 0.05) is 11.6 Å². The number of para-hydroxylation sites is 1. The Kier molecular flexibility index (Phi) is 5.92. The van der Waals surface area contributed by atoms with Gasteiger partial charge < -0.3 is 4.74 Å². The molecule has 4 rings (SSSR count). The van der Waals surface area contributed by atoms with Crippen molar-refractivity contribution in [3.63, 3.8) is 0 Å². The Morgan fingerprint density at radius 3 is 2.63 bits per heavy atom. The molecule has 1 aliphatic rings. The maximum Gasteiger partial charge on any atom is 0.232 e. The van der Waals surface area contributed by atoms with Crippen molar-refractivity contribution in [2.24, 2.45) is 0 Å². The van der Waals surface area contributed by atoms with Crippen LogP contribution in [0.15, 0.2) is 36.4 Å². The third kappa shape index (κ3) is 4.00. The average Bonchev–Trinajstić information content (AvgIpc) is 3.35. The molecule has 2 N–H and O–H groups in total. The summed E-state index contributed by atoms with van der Waals surface area (Å²) in [5, 5.41) is 19.7. The zero-order chi connectivity index (χ0) is 21.3. The number of hydrogen-bond acceptors (Lipinski definition) is 6. The van der Waals surface area contributed by atoms with Crippen molar-refractivity contribution in [1.82, 2.24) is 14.9 Å². The van der Waals surface area contributed by atoms with E-state index in [1.54, 1.807) is 6.07 Å². The highest BCUT2D eigenvalue weighted by Gasteiger charge is 2.27. The number of ether oxygens (including phenoxy) is 1. The normalized spacial score (nSPS) is 16.3. The van der Waals surface area contributed by atoms with Gasteiger partial charge >= 0.3 is 0 Å². The van der Waals surface area contributed by atoms with E-state index in [0.29, 0.717) is 16.3 Å². The molecule has 7 nitrogen and oxygen atoms in total. The van der Waals surface area contributed by atoms with Crippen LogP contribution in [0.5, 0.6) is 5.75 Å². The zero-order valence-corrected chi connectivity index (χ0v) is 18.1. The number of nitriles is 1. The van der Waals surface area contributed by atoms with E-state index >= 15 is 0 Å².